The van der Waals surface area contributed by atoms with Crippen molar-refractivity contribution in [1.29, 1.82) is 0 Å². The summed E-state index contributed by atoms with van der Waals surface area (Å²) in [5, 5.41) is 11.0. The van der Waals surface area contributed by atoms with Crippen molar-refractivity contribution in [3.05, 3.63) is 35.4 Å². The number of carboxylic acid groups (broad SMARTS) is 1. The second-order valence-corrected chi connectivity index (χ2v) is 2.85. The molecule has 0 saturated carbocycles. The molecule has 0 atom stereocenters. The number of carbonyl (C=O) groups excluding carboxylic acids is 1. The van der Waals surface area contributed by atoms with Gasteiger partial charge in [0.25, 0.3) is 5.91 Å². The fourth-order valence-corrected chi connectivity index (χ4v) is 1.14. The van der Waals surface area contributed by atoms with Crippen LogP contribution in [-0.4, -0.2) is 24.0 Å². The van der Waals surface area contributed by atoms with Crippen LogP contribution in [0.2, 0.25) is 0 Å². The van der Waals surface area contributed by atoms with E-state index < -0.39 is 5.97 Å². The lowest BCUT2D eigenvalue weighted by atomic mass is 10.1. The van der Waals surface area contributed by atoms with Crippen molar-refractivity contribution in [2.75, 3.05) is 7.05 Å². The van der Waals surface area contributed by atoms with E-state index in [1.54, 1.807) is 24.3 Å². The van der Waals surface area contributed by atoms with Crippen LogP contribution in [0.25, 0.3) is 0 Å². The predicted molar refractivity (Wildman–Crippen MR) is 62.5 cm³/mol. The number of rotatable bonds is 3. The summed E-state index contributed by atoms with van der Waals surface area (Å²) >= 11 is 0. The summed E-state index contributed by atoms with van der Waals surface area (Å²) in [6, 6.07) is 6.57. The van der Waals surface area contributed by atoms with Gasteiger partial charge in [0, 0.05) is 12.6 Å². The molecule has 0 aromatic heterocycles. The molecule has 1 aromatic rings. The Morgan fingerprint density at radius 2 is 1.94 bits per heavy atom. The van der Waals surface area contributed by atoms with Gasteiger partial charge in [0.1, 0.15) is 0 Å². The summed E-state index contributed by atoms with van der Waals surface area (Å²) in [7, 11) is 1.53. The van der Waals surface area contributed by atoms with Gasteiger partial charge in [-0.25, -0.2) is 0 Å². The van der Waals surface area contributed by atoms with Crippen molar-refractivity contribution in [2.45, 2.75) is 20.3 Å². The summed E-state index contributed by atoms with van der Waals surface area (Å²) in [5.41, 5.74) is 1.10. The second-order valence-electron chi connectivity index (χ2n) is 2.85. The standard InChI is InChI=1S/C10H11NO3.C2H6/c1-11-10(14)8-4-2-3-7(5-8)6-9(12)13;1-2/h2-5H,6H2,1H3,(H,11,14)(H,12,13);1-2H3. The number of hydrogen-bond donors (Lipinski definition) is 2. The van der Waals surface area contributed by atoms with Gasteiger partial charge >= 0.3 is 5.97 Å². The molecule has 0 aliphatic heterocycles. The number of aliphatic carboxylic acids is 1. The van der Waals surface area contributed by atoms with E-state index in [1.165, 1.54) is 7.05 Å². The average Bonchev–Trinajstić information content (AvgIpc) is 2.30. The largest absolute Gasteiger partial charge is 0.481 e. The first-order chi connectivity index (χ1) is 7.63. The van der Waals surface area contributed by atoms with Crippen LogP contribution < -0.4 is 5.32 Å². The van der Waals surface area contributed by atoms with Crippen LogP contribution in [0, 0.1) is 0 Å². The molecule has 0 saturated heterocycles. The molecule has 0 heterocycles. The number of nitrogens with one attached hydrogen (secondary N) is 1. The number of carboxylic acids is 1. The van der Waals surface area contributed by atoms with Gasteiger partial charge in [-0.2, -0.15) is 0 Å². The Morgan fingerprint density at radius 1 is 1.31 bits per heavy atom. The van der Waals surface area contributed by atoms with E-state index in [4.69, 9.17) is 5.11 Å². The molecule has 16 heavy (non-hydrogen) atoms. The highest BCUT2D eigenvalue weighted by atomic mass is 16.4. The highest BCUT2D eigenvalue weighted by molar-refractivity contribution is 5.94. The maximum atomic E-state index is 11.2. The SMILES string of the molecule is CC.CNC(=O)c1cccc(CC(=O)O)c1. The third-order valence-corrected chi connectivity index (χ3v) is 1.77. The Balaban J connectivity index is 0.00000106. The first kappa shape index (κ1) is 14.2. The van der Waals surface area contributed by atoms with Gasteiger partial charge in [-0.15, -0.1) is 0 Å². The molecule has 4 heteroatoms. The van der Waals surface area contributed by atoms with Crippen LogP contribution in [0.15, 0.2) is 24.3 Å². The van der Waals surface area contributed by atoms with E-state index >= 15 is 0 Å². The van der Waals surface area contributed by atoms with Crippen LogP contribution in [-0.2, 0) is 11.2 Å². The summed E-state index contributed by atoms with van der Waals surface area (Å²) in [6.45, 7) is 4.00. The Kier molecular flexibility index (Phi) is 6.59. The topological polar surface area (TPSA) is 66.4 Å². The molecule has 2 N–H and O–H groups in total. The zero-order chi connectivity index (χ0) is 12.6. The molecule has 0 aliphatic carbocycles. The van der Waals surface area contributed by atoms with Crippen molar-refractivity contribution in [2.24, 2.45) is 0 Å². The minimum Gasteiger partial charge on any atom is -0.481 e. The van der Waals surface area contributed by atoms with Crippen LogP contribution in [0.1, 0.15) is 29.8 Å². The molecule has 0 unspecified atom stereocenters. The van der Waals surface area contributed by atoms with E-state index in [1.807, 2.05) is 13.8 Å². The van der Waals surface area contributed by atoms with Gasteiger partial charge < -0.3 is 10.4 Å². The van der Waals surface area contributed by atoms with Crippen LogP contribution in [0.5, 0.6) is 0 Å². The van der Waals surface area contributed by atoms with Crippen molar-refractivity contribution in [3.63, 3.8) is 0 Å². The molecular formula is C12H17NO3. The number of hydrogen-bond acceptors (Lipinski definition) is 2. The van der Waals surface area contributed by atoms with Gasteiger partial charge in [0.2, 0.25) is 0 Å². The fourth-order valence-electron chi connectivity index (χ4n) is 1.14. The summed E-state index contributed by atoms with van der Waals surface area (Å²) in [6.07, 6.45) is -0.0646. The van der Waals surface area contributed by atoms with Crippen LogP contribution in [0.3, 0.4) is 0 Å². The lowest BCUT2D eigenvalue weighted by Crippen LogP contribution is -2.18. The fraction of sp³-hybridized carbons (Fsp3) is 0.333. The molecule has 0 fully saturated rings. The Hall–Kier alpha value is -1.84. The highest BCUT2D eigenvalue weighted by Gasteiger charge is 2.05. The molecule has 1 rings (SSSR count). The number of amides is 1. The molecule has 0 radical (unpaired) electrons. The molecule has 0 spiro atoms. The molecule has 4 nitrogen and oxygen atoms in total. The lowest BCUT2D eigenvalue weighted by Gasteiger charge is -2.01. The second kappa shape index (κ2) is 7.45. The van der Waals surface area contributed by atoms with Crippen molar-refractivity contribution < 1.29 is 14.7 Å². The molecule has 0 aliphatic rings. The zero-order valence-electron chi connectivity index (χ0n) is 9.78. The van der Waals surface area contributed by atoms with E-state index in [9.17, 15) is 9.59 Å². The van der Waals surface area contributed by atoms with E-state index in [2.05, 4.69) is 5.32 Å². The monoisotopic (exact) mass is 223 g/mol. The van der Waals surface area contributed by atoms with E-state index in [0.29, 0.717) is 11.1 Å². The van der Waals surface area contributed by atoms with Crippen molar-refractivity contribution in [1.82, 2.24) is 5.32 Å². The quantitative estimate of drug-likeness (QED) is 0.819. The zero-order valence-corrected chi connectivity index (χ0v) is 9.78. The molecule has 1 aromatic carbocycles. The summed E-state index contributed by atoms with van der Waals surface area (Å²) < 4.78 is 0. The Bertz CT molecular complexity index is 361. The number of benzene rings is 1. The van der Waals surface area contributed by atoms with Gasteiger partial charge in [0.15, 0.2) is 0 Å². The predicted octanol–water partition coefficient (Wildman–Crippen LogP) is 1.70. The maximum Gasteiger partial charge on any atom is 0.307 e. The number of carbonyl (C=O) groups is 2. The first-order valence-corrected chi connectivity index (χ1v) is 5.16. The minimum absolute atomic E-state index is 0.0646. The summed E-state index contributed by atoms with van der Waals surface area (Å²) in [4.78, 5) is 21.6. The van der Waals surface area contributed by atoms with Gasteiger partial charge in [-0.3, -0.25) is 9.59 Å². The molecular weight excluding hydrogens is 206 g/mol. The normalized spacial score (nSPS) is 8.69. The maximum absolute atomic E-state index is 11.2. The van der Waals surface area contributed by atoms with Crippen LogP contribution >= 0.6 is 0 Å². The molecule has 0 bridgehead atoms. The Labute approximate surface area is 95.3 Å². The van der Waals surface area contributed by atoms with Gasteiger partial charge in [-0.05, 0) is 17.7 Å². The molecule has 88 valence electrons. The van der Waals surface area contributed by atoms with Gasteiger partial charge in [0.05, 0.1) is 6.42 Å². The van der Waals surface area contributed by atoms with Crippen LogP contribution in [0.4, 0.5) is 0 Å². The summed E-state index contributed by atoms with van der Waals surface area (Å²) in [5.74, 6) is -1.11. The van der Waals surface area contributed by atoms with E-state index in [0.717, 1.165) is 0 Å². The minimum atomic E-state index is -0.904. The average molecular weight is 223 g/mol. The van der Waals surface area contributed by atoms with Crippen molar-refractivity contribution in [3.8, 4) is 0 Å². The van der Waals surface area contributed by atoms with Gasteiger partial charge in [-0.1, -0.05) is 26.0 Å². The van der Waals surface area contributed by atoms with E-state index in [-0.39, 0.29) is 12.3 Å². The third kappa shape index (κ3) is 4.59. The third-order valence-electron chi connectivity index (χ3n) is 1.77. The van der Waals surface area contributed by atoms with Crippen molar-refractivity contribution >= 4 is 11.9 Å². The first-order valence-electron chi connectivity index (χ1n) is 5.16. The highest BCUT2D eigenvalue weighted by Crippen LogP contribution is 2.05. The smallest absolute Gasteiger partial charge is 0.307 e. The molecule has 1 amide bonds. The lowest BCUT2D eigenvalue weighted by molar-refractivity contribution is -0.136. The Morgan fingerprint density at radius 3 is 2.44 bits per heavy atom.